The molecule has 1 rings (SSSR count). The van der Waals surface area contributed by atoms with Gasteiger partial charge in [0.2, 0.25) is 0 Å². The molecule has 2 atom stereocenters. The standard InChI is InChI=1S/C11H23BrN2O2S/c1-9(2)14(3)17(15,16)13-8-10-6-4-5-7-11(10)12/h9-11,13H,4-8H2,1-3H3. The third kappa shape index (κ3) is 4.50. The Morgan fingerprint density at radius 3 is 2.47 bits per heavy atom. The third-order valence-corrected chi connectivity index (χ3v) is 6.37. The van der Waals surface area contributed by atoms with Crippen LogP contribution in [0.5, 0.6) is 0 Å². The van der Waals surface area contributed by atoms with Gasteiger partial charge >= 0.3 is 0 Å². The second-order valence-corrected chi connectivity index (χ2v) is 8.01. The summed E-state index contributed by atoms with van der Waals surface area (Å²) in [6.45, 7) is 4.27. The van der Waals surface area contributed by atoms with Gasteiger partial charge in [0.25, 0.3) is 10.2 Å². The fraction of sp³-hybridized carbons (Fsp3) is 1.00. The molecule has 0 radical (unpaired) electrons. The van der Waals surface area contributed by atoms with Gasteiger partial charge < -0.3 is 0 Å². The molecule has 0 amide bonds. The SMILES string of the molecule is CC(C)N(C)S(=O)(=O)NCC1CCCCC1Br. The van der Waals surface area contributed by atoms with E-state index in [-0.39, 0.29) is 6.04 Å². The first-order chi connectivity index (χ1) is 7.84. The molecule has 0 aromatic carbocycles. The topological polar surface area (TPSA) is 49.4 Å². The molecule has 102 valence electrons. The van der Waals surface area contributed by atoms with Crippen LogP contribution in [0.4, 0.5) is 0 Å². The van der Waals surface area contributed by atoms with E-state index < -0.39 is 10.2 Å². The van der Waals surface area contributed by atoms with Gasteiger partial charge in [0.05, 0.1) is 0 Å². The molecule has 0 aromatic rings. The first-order valence-electron chi connectivity index (χ1n) is 6.21. The molecule has 1 aliphatic rings. The Labute approximate surface area is 113 Å². The Morgan fingerprint density at radius 1 is 1.35 bits per heavy atom. The van der Waals surface area contributed by atoms with Gasteiger partial charge in [-0.15, -0.1) is 0 Å². The Bertz CT molecular complexity index is 332. The number of alkyl halides is 1. The Morgan fingerprint density at radius 2 is 1.94 bits per heavy atom. The van der Waals surface area contributed by atoms with Crippen LogP contribution in [-0.4, -0.2) is 37.2 Å². The van der Waals surface area contributed by atoms with E-state index in [1.807, 2.05) is 13.8 Å². The van der Waals surface area contributed by atoms with Crippen LogP contribution in [0.3, 0.4) is 0 Å². The average molecular weight is 327 g/mol. The Kier molecular flexibility index (Phi) is 5.89. The molecule has 4 nitrogen and oxygen atoms in total. The van der Waals surface area contributed by atoms with Crippen LogP contribution in [-0.2, 0) is 10.2 Å². The molecule has 6 heteroatoms. The summed E-state index contributed by atoms with van der Waals surface area (Å²) in [5.74, 6) is 0.416. The Hall–Kier alpha value is 0.350. The number of halogens is 1. The second kappa shape index (κ2) is 6.50. The number of nitrogens with zero attached hydrogens (tertiary/aromatic N) is 1. The predicted octanol–water partition coefficient (Wildman–Crippen LogP) is 2.11. The lowest BCUT2D eigenvalue weighted by Gasteiger charge is -2.29. The van der Waals surface area contributed by atoms with Crippen LogP contribution in [0, 0.1) is 5.92 Å². The minimum absolute atomic E-state index is 0.0152. The maximum atomic E-state index is 11.9. The van der Waals surface area contributed by atoms with Crippen molar-refractivity contribution in [1.29, 1.82) is 0 Å². The molecule has 1 aliphatic carbocycles. The monoisotopic (exact) mass is 326 g/mol. The van der Waals surface area contributed by atoms with Crippen molar-refractivity contribution in [3.63, 3.8) is 0 Å². The minimum Gasteiger partial charge on any atom is -0.202 e. The van der Waals surface area contributed by atoms with Crippen molar-refractivity contribution in [3.8, 4) is 0 Å². The van der Waals surface area contributed by atoms with Crippen molar-refractivity contribution in [2.45, 2.75) is 50.4 Å². The summed E-state index contributed by atoms with van der Waals surface area (Å²) in [7, 11) is -1.71. The van der Waals surface area contributed by atoms with Gasteiger partial charge in [0.15, 0.2) is 0 Å². The quantitative estimate of drug-likeness (QED) is 0.787. The summed E-state index contributed by atoms with van der Waals surface area (Å²) >= 11 is 3.64. The smallest absolute Gasteiger partial charge is 0.202 e. The average Bonchev–Trinajstić information content (AvgIpc) is 2.27. The highest BCUT2D eigenvalue weighted by atomic mass is 79.9. The van der Waals surface area contributed by atoms with Crippen LogP contribution < -0.4 is 4.72 Å². The summed E-state index contributed by atoms with van der Waals surface area (Å²) in [4.78, 5) is 0.448. The predicted molar refractivity (Wildman–Crippen MR) is 74.5 cm³/mol. The van der Waals surface area contributed by atoms with Crippen molar-refractivity contribution in [2.24, 2.45) is 5.92 Å². The van der Waals surface area contributed by atoms with Crippen LogP contribution >= 0.6 is 15.9 Å². The number of hydrogen-bond donors (Lipinski definition) is 1. The molecule has 1 fully saturated rings. The highest BCUT2D eigenvalue weighted by Crippen LogP contribution is 2.29. The lowest BCUT2D eigenvalue weighted by Crippen LogP contribution is -2.44. The van der Waals surface area contributed by atoms with Gasteiger partial charge in [-0.1, -0.05) is 28.8 Å². The number of hydrogen-bond acceptors (Lipinski definition) is 2. The second-order valence-electron chi connectivity index (χ2n) is 5.02. The molecule has 1 saturated carbocycles. The van der Waals surface area contributed by atoms with E-state index in [0.29, 0.717) is 17.3 Å². The lowest BCUT2D eigenvalue weighted by atomic mass is 9.89. The maximum absolute atomic E-state index is 11.9. The molecule has 1 N–H and O–H groups in total. The highest BCUT2D eigenvalue weighted by Gasteiger charge is 2.26. The van der Waals surface area contributed by atoms with E-state index in [1.54, 1.807) is 7.05 Å². The molecular formula is C11H23BrN2O2S. The van der Waals surface area contributed by atoms with Crippen LogP contribution in [0.2, 0.25) is 0 Å². The van der Waals surface area contributed by atoms with Gasteiger partial charge in [-0.2, -0.15) is 12.7 Å². The molecule has 17 heavy (non-hydrogen) atoms. The third-order valence-electron chi connectivity index (χ3n) is 3.45. The largest absolute Gasteiger partial charge is 0.279 e. The van der Waals surface area contributed by atoms with Crippen LogP contribution in [0.1, 0.15) is 39.5 Å². The van der Waals surface area contributed by atoms with Crippen molar-refractivity contribution in [1.82, 2.24) is 9.03 Å². The molecular weight excluding hydrogens is 304 g/mol. The van der Waals surface area contributed by atoms with Gasteiger partial charge in [-0.25, -0.2) is 4.72 Å². The van der Waals surface area contributed by atoms with E-state index in [2.05, 4.69) is 20.7 Å². The lowest BCUT2D eigenvalue weighted by molar-refractivity contribution is 0.360. The highest BCUT2D eigenvalue weighted by molar-refractivity contribution is 9.09. The van der Waals surface area contributed by atoms with Gasteiger partial charge in [0, 0.05) is 24.5 Å². The molecule has 0 aromatic heterocycles. The summed E-state index contributed by atoms with van der Waals surface area (Å²) < 4.78 is 27.9. The zero-order valence-corrected chi connectivity index (χ0v) is 13.2. The molecule has 0 bridgehead atoms. The normalized spacial score (nSPS) is 26.7. The van der Waals surface area contributed by atoms with Crippen molar-refractivity contribution in [2.75, 3.05) is 13.6 Å². The number of rotatable bonds is 5. The van der Waals surface area contributed by atoms with E-state index in [0.717, 1.165) is 12.8 Å². The molecule has 0 aliphatic heterocycles. The van der Waals surface area contributed by atoms with Crippen molar-refractivity contribution >= 4 is 26.1 Å². The summed E-state index contributed by atoms with van der Waals surface area (Å²) in [5.41, 5.74) is 0. The van der Waals surface area contributed by atoms with E-state index in [4.69, 9.17) is 0 Å². The summed E-state index contributed by atoms with van der Waals surface area (Å²) in [6.07, 6.45) is 4.69. The Balaban J connectivity index is 2.49. The molecule has 2 unspecified atom stereocenters. The first kappa shape index (κ1) is 15.4. The first-order valence-corrected chi connectivity index (χ1v) is 8.57. The van der Waals surface area contributed by atoms with Gasteiger partial charge in [-0.3, -0.25) is 0 Å². The van der Waals surface area contributed by atoms with E-state index >= 15 is 0 Å². The molecule has 0 saturated heterocycles. The van der Waals surface area contributed by atoms with Crippen LogP contribution in [0.25, 0.3) is 0 Å². The summed E-state index contributed by atoms with van der Waals surface area (Å²) in [5, 5.41) is 0. The minimum atomic E-state index is -3.32. The summed E-state index contributed by atoms with van der Waals surface area (Å²) in [6, 6.07) is -0.0152. The van der Waals surface area contributed by atoms with Crippen molar-refractivity contribution < 1.29 is 8.42 Å². The van der Waals surface area contributed by atoms with Gasteiger partial charge in [0.1, 0.15) is 0 Å². The van der Waals surface area contributed by atoms with E-state index in [1.165, 1.54) is 17.1 Å². The van der Waals surface area contributed by atoms with Gasteiger partial charge in [-0.05, 0) is 32.6 Å². The molecule has 0 heterocycles. The molecule has 0 spiro atoms. The number of nitrogens with one attached hydrogen (secondary N) is 1. The zero-order valence-electron chi connectivity index (χ0n) is 10.8. The van der Waals surface area contributed by atoms with Crippen molar-refractivity contribution in [3.05, 3.63) is 0 Å². The zero-order chi connectivity index (χ0) is 13.1. The van der Waals surface area contributed by atoms with E-state index in [9.17, 15) is 8.42 Å². The fourth-order valence-electron chi connectivity index (χ4n) is 1.98. The van der Waals surface area contributed by atoms with Crippen LogP contribution in [0.15, 0.2) is 0 Å². The maximum Gasteiger partial charge on any atom is 0.279 e. The fourth-order valence-corrected chi connectivity index (χ4v) is 3.94.